The molecular weight excluding hydrogens is 376 g/mol. The Hall–Kier alpha value is -3.42. The first-order chi connectivity index (χ1) is 13.8. The fourth-order valence-electron chi connectivity index (χ4n) is 3.42. The van der Waals surface area contributed by atoms with Gasteiger partial charge in [0, 0.05) is 18.0 Å². The highest BCUT2D eigenvalue weighted by Crippen LogP contribution is 2.44. The second-order valence-electron chi connectivity index (χ2n) is 7.45. The number of pyridine rings is 1. The van der Waals surface area contributed by atoms with Gasteiger partial charge < -0.3 is 5.32 Å². The van der Waals surface area contributed by atoms with E-state index in [0.717, 1.165) is 12.1 Å². The van der Waals surface area contributed by atoms with Crippen LogP contribution in [0.2, 0.25) is 0 Å². The molecule has 6 nitrogen and oxygen atoms in total. The monoisotopic (exact) mass is 395 g/mol. The van der Waals surface area contributed by atoms with Crippen molar-refractivity contribution in [1.82, 2.24) is 15.0 Å². The van der Waals surface area contributed by atoms with Gasteiger partial charge in [0.25, 0.3) is 0 Å². The lowest BCUT2D eigenvalue weighted by Crippen LogP contribution is -2.38. The Morgan fingerprint density at radius 3 is 2.62 bits per heavy atom. The molecule has 1 aromatic carbocycles. The quantitative estimate of drug-likeness (QED) is 0.714. The summed E-state index contributed by atoms with van der Waals surface area (Å²) in [6, 6.07) is 6.69. The summed E-state index contributed by atoms with van der Waals surface area (Å²) >= 11 is 0. The second-order valence-corrected chi connectivity index (χ2v) is 7.45. The smallest absolute Gasteiger partial charge is 0.239 e. The maximum absolute atomic E-state index is 13.8. The van der Waals surface area contributed by atoms with Gasteiger partial charge in [-0.1, -0.05) is 6.07 Å². The molecule has 0 unspecified atom stereocenters. The van der Waals surface area contributed by atoms with Crippen LogP contribution in [-0.4, -0.2) is 20.9 Å². The Bertz CT molecular complexity index is 1090. The number of amides is 1. The zero-order valence-electron chi connectivity index (χ0n) is 16.1. The second kappa shape index (κ2) is 6.88. The summed E-state index contributed by atoms with van der Waals surface area (Å²) in [7, 11) is 0. The van der Waals surface area contributed by atoms with Crippen LogP contribution in [0, 0.1) is 11.6 Å². The SMILES string of the molecule is C[C@@H](c1ccc(F)c(F)c1)N1C(=O)C(C)(C)c2cnc(Nc3cccnc3)nc21. The summed E-state index contributed by atoms with van der Waals surface area (Å²) < 4.78 is 27.1. The van der Waals surface area contributed by atoms with Crippen molar-refractivity contribution in [3.63, 3.8) is 0 Å². The fraction of sp³-hybridized carbons (Fsp3) is 0.238. The van der Waals surface area contributed by atoms with Crippen LogP contribution in [0.25, 0.3) is 0 Å². The van der Waals surface area contributed by atoms with Crippen LogP contribution in [0.15, 0.2) is 48.9 Å². The van der Waals surface area contributed by atoms with E-state index in [1.54, 1.807) is 45.4 Å². The van der Waals surface area contributed by atoms with Crippen LogP contribution >= 0.6 is 0 Å². The number of rotatable bonds is 4. The average Bonchev–Trinajstić information content (AvgIpc) is 2.90. The summed E-state index contributed by atoms with van der Waals surface area (Å²) in [6.07, 6.45) is 4.91. The highest BCUT2D eigenvalue weighted by molar-refractivity contribution is 6.07. The van der Waals surface area contributed by atoms with Crippen LogP contribution in [0.3, 0.4) is 0 Å². The molecule has 2 aromatic heterocycles. The number of fused-ring (bicyclic) bond motifs is 1. The first-order valence-electron chi connectivity index (χ1n) is 9.12. The van der Waals surface area contributed by atoms with Gasteiger partial charge in [0.2, 0.25) is 11.9 Å². The number of aromatic nitrogens is 3. The van der Waals surface area contributed by atoms with Gasteiger partial charge in [0.1, 0.15) is 5.82 Å². The topological polar surface area (TPSA) is 71.0 Å². The molecule has 1 atom stereocenters. The molecule has 0 spiro atoms. The summed E-state index contributed by atoms with van der Waals surface area (Å²) in [5.74, 6) is -1.32. The molecule has 1 aliphatic heterocycles. The Balaban J connectivity index is 1.75. The molecule has 4 rings (SSSR count). The number of nitrogens with one attached hydrogen (secondary N) is 1. The van der Waals surface area contributed by atoms with Crippen molar-refractivity contribution in [1.29, 1.82) is 0 Å². The predicted molar refractivity (Wildman–Crippen MR) is 105 cm³/mol. The van der Waals surface area contributed by atoms with E-state index in [9.17, 15) is 13.6 Å². The third-order valence-electron chi connectivity index (χ3n) is 5.15. The van der Waals surface area contributed by atoms with E-state index in [1.165, 1.54) is 11.0 Å². The van der Waals surface area contributed by atoms with E-state index >= 15 is 0 Å². The van der Waals surface area contributed by atoms with Gasteiger partial charge in [0.15, 0.2) is 11.6 Å². The van der Waals surface area contributed by atoms with Crippen LogP contribution in [-0.2, 0) is 10.2 Å². The highest BCUT2D eigenvalue weighted by Gasteiger charge is 2.47. The van der Waals surface area contributed by atoms with Gasteiger partial charge in [0.05, 0.1) is 23.3 Å². The normalized spacial score (nSPS) is 15.9. The molecule has 0 fully saturated rings. The van der Waals surface area contributed by atoms with Crippen molar-refractivity contribution in [2.24, 2.45) is 0 Å². The number of carbonyl (C=O) groups excluding carboxylic acids is 1. The molecule has 0 saturated heterocycles. The minimum atomic E-state index is -0.956. The van der Waals surface area contributed by atoms with Gasteiger partial charge in [-0.3, -0.25) is 14.7 Å². The fourth-order valence-corrected chi connectivity index (χ4v) is 3.42. The Morgan fingerprint density at radius 1 is 1.14 bits per heavy atom. The number of carbonyl (C=O) groups is 1. The van der Waals surface area contributed by atoms with Crippen molar-refractivity contribution in [3.05, 3.63) is 71.7 Å². The molecule has 3 aromatic rings. The molecule has 3 heterocycles. The lowest BCUT2D eigenvalue weighted by atomic mass is 9.88. The van der Waals surface area contributed by atoms with Crippen LogP contribution in [0.5, 0.6) is 0 Å². The Kier molecular flexibility index (Phi) is 4.49. The number of halogens is 2. The third-order valence-corrected chi connectivity index (χ3v) is 5.15. The van der Waals surface area contributed by atoms with Crippen molar-refractivity contribution in [2.45, 2.75) is 32.2 Å². The third kappa shape index (κ3) is 3.20. The van der Waals surface area contributed by atoms with Crippen LogP contribution in [0.4, 0.5) is 26.2 Å². The molecule has 1 N–H and O–H groups in total. The Morgan fingerprint density at radius 2 is 1.93 bits per heavy atom. The molecule has 0 bridgehead atoms. The first kappa shape index (κ1) is 18.9. The number of hydrogen-bond acceptors (Lipinski definition) is 5. The first-order valence-corrected chi connectivity index (χ1v) is 9.12. The standard InChI is InChI=1S/C21H19F2N5O/c1-12(13-6-7-16(22)17(23)9-13)28-18-15(21(2,3)19(28)29)11-25-20(27-18)26-14-5-4-8-24-10-14/h4-12H,1-3H3,(H,25,26,27)/t12-/m0/s1. The van der Waals surface area contributed by atoms with Gasteiger partial charge in [-0.25, -0.2) is 13.8 Å². The summed E-state index contributed by atoms with van der Waals surface area (Å²) in [6.45, 7) is 5.35. The van der Waals surface area contributed by atoms with E-state index < -0.39 is 23.1 Å². The molecule has 148 valence electrons. The Labute approximate surface area is 166 Å². The van der Waals surface area contributed by atoms with Gasteiger partial charge in [-0.05, 0) is 50.6 Å². The van der Waals surface area contributed by atoms with E-state index in [0.29, 0.717) is 28.6 Å². The van der Waals surface area contributed by atoms with Gasteiger partial charge in [-0.15, -0.1) is 0 Å². The molecular formula is C21H19F2N5O. The average molecular weight is 395 g/mol. The van der Waals surface area contributed by atoms with E-state index in [4.69, 9.17) is 0 Å². The molecule has 0 aliphatic carbocycles. The highest BCUT2D eigenvalue weighted by atomic mass is 19.2. The lowest BCUT2D eigenvalue weighted by molar-refractivity contribution is -0.122. The lowest BCUT2D eigenvalue weighted by Gasteiger charge is -2.26. The zero-order chi connectivity index (χ0) is 20.8. The van der Waals surface area contributed by atoms with E-state index in [1.807, 2.05) is 6.07 Å². The molecule has 1 aliphatic rings. The van der Waals surface area contributed by atoms with Crippen LogP contribution < -0.4 is 10.2 Å². The summed E-state index contributed by atoms with van der Waals surface area (Å²) in [4.78, 5) is 27.6. The predicted octanol–water partition coefficient (Wildman–Crippen LogP) is 4.28. The van der Waals surface area contributed by atoms with Crippen molar-refractivity contribution >= 4 is 23.4 Å². The molecule has 8 heteroatoms. The van der Waals surface area contributed by atoms with E-state index in [-0.39, 0.29) is 5.91 Å². The molecule has 0 saturated carbocycles. The van der Waals surface area contributed by atoms with Crippen molar-refractivity contribution in [3.8, 4) is 0 Å². The summed E-state index contributed by atoms with van der Waals surface area (Å²) in [5.41, 5.74) is 1.01. The minimum absolute atomic E-state index is 0.183. The van der Waals surface area contributed by atoms with Gasteiger partial charge >= 0.3 is 0 Å². The maximum atomic E-state index is 13.8. The number of benzene rings is 1. The molecule has 0 radical (unpaired) electrons. The number of hydrogen-bond donors (Lipinski definition) is 1. The zero-order valence-corrected chi connectivity index (χ0v) is 16.1. The van der Waals surface area contributed by atoms with Crippen molar-refractivity contribution in [2.75, 3.05) is 10.2 Å². The van der Waals surface area contributed by atoms with Gasteiger partial charge in [-0.2, -0.15) is 4.98 Å². The number of anilines is 3. The number of nitrogens with zero attached hydrogens (tertiary/aromatic N) is 4. The molecule has 29 heavy (non-hydrogen) atoms. The minimum Gasteiger partial charge on any atom is -0.323 e. The maximum Gasteiger partial charge on any atom is 0.239 e. The van der Waals surface area contributed by atoms with E-state index in [2.05, 4.69) is 20.3 Å². The largest absolute Gasteiger partial charge is 0.323 e. The molecule has 1 amide bonds. The van der Waals surface area contributed by atoms with Crippen LogP contribution in [0.1, 0.15) is 37.9 Å². The van der Waals surface area contributed by atoms with Crippen molar-refractivity contribution < 1.29 is 13.6 Å². The summed E-state index contributed by atoms with van der Waals surface area (Å²) in [5, 5.41) is 3.06.